The zero-order valence-electron chi connectivity index (χ0n) is 47.2. The number of rotatable bonds is 9. The van der Waals surface area contributed by atoms with Crippen molar-refractivity contribution in [2.24, 2.45) is 0 Å². The van der Waals surface area contributed by atoms with E-state index in [1.807, 2.05) is 23.5 Å². The summed E-state index contributed by atoms with van der Waals surface area (Å²) in [5.41, 5.74) is 24.8. The molecule has 0 radical (unpaired) electrons. The van der Waals surface area contributed by atoms with Gasteiger partial charge in [-0.05, 0) is 149 Å². The second kappa shape index (κ2) is 20.2. The third-order valence-electron chi connectivity index (χ3n) is 18.0. The summed E-state index contributed by atoms with van der Waals surface area (Å²) in [6.07, 6.45) is 0. The van der Waals surface area contributed by atoms with Gasteiger partial charge in [0, 0.05) is 87.2 Å². The van der Waals surface area contributed by atoms with Gasteiger partial charge in [0.05, 0.1) is 28.1 Å². The normalized spacial score (nSPS) is 13.1. The third kappa shape index (κ3) is 7.86. The number of nitrogens with zero attached hydrogens (tertiary/aromatic N) is 5. The van der Waals surface area contributed by atoms with Crippen molar-refractivity contribution in [3.05, 3.63) is 309 Å². The molecular weight excluding hydrogens is 1090 g/mol. The van der Waals surface area contributed by atoms with Crippen LogP contribution in [0.2, 0.25) is 0 Å². The fourth-order valence-electron chi connectivity index (χ4n) is 14.5. The lowest BCUT2D eigenvalue weighted by atomic mass is 9.31. The molecule has 13 aromatic carbocycles. The molecule has 18 rings (SSSR count). The Morgan fingerprint density at radius 2 is 0.690 bits per heavy atom. The highest BCUT2D eigenvalue weighted by molar-refractivity contribution is 8.01. The van der Waals surface area contributed by atoms with E-state index in [0.717, 1.165) is 68.2 Å². The lowest BCUT2D eigenvalue weighted by molar-refractivity contribution is 1.15. The summed E-state index contributed by atoms with van der Waals surface area (Å²) in [7, 11) is 0. The molecule has 5 nitrogen and oxygen atoms in total. The molecule has 0 aliphatic carbocycles. The molecule has 1 aromatic heterocycles. The number of anilines is 12. The minimum Gasteiger partial charge on any atom is -0.311 e. The van der Waals surface area contributed by atoms with Crippen LogP contribution >= 0.6 is 23.5 Å². The van der Waals surface area contributed by atoms with Crippen LogP contribution in [0.4, 0.5) is 68.2 Å². The van der Waals surface area contributed by atoms with Gasteiger partial charge in [0.2, 0.25) is 6.71 Å². The molecule has 0 amide bonds. The fraction of sp³-hybridized carbons (Fsp3) is 0. The van der Waals surface area contributed by atoms with Crippen molar-refractivity contribution in [3.63, 3.8) is 0 Å². The SMILES string of the molecule is c1ccc(N(c2ccccc2)c2cc3c4c(c2)Sc2cc5c(cc2B4c2ccccc2S3)B2c3ccccc3N(c3ccccc3-n3c4ccccc4c4ccccc43)c3cc(N(c4ccccc4)c4ccccc4)cc(c32)N5c2ccccc2)cc1. The Hall–Kier alpha value is -10.3. The van der Waals surface area contributed by atoms with E-state index in [9.17, 15) is 0 Å². The van der Waals surface area contributed by atoms with Crippen LogP contribution in [-0.2, 0) is 0 Å². The van der Waals surface area contributed by atoms with Gasteiger partial charge < -0.3 is 24.2 Å². The average molecular weight is 1140 g/mol. The van der Waals surface area contributed by atoms with Crippen LogP contribution in [0, 0.1) is 0 Å². The quantitative estimate of drug-likeness (QED) is 0.133. The molecule has 9 heteroatoms. The van der Waals surface area contributed by atoms with Crippen LogP contribution < -0.4 is 52.4 Å². The van der Waals surface area contributed by atoms with E-state index in [2.05, 4.69) is 334 Å². The van der Waals surface area contributed by atoms with E-state index in [-0.39, 0.29) is 13.4 Å². The second-order valence-electron chi connectivity index (χ2n) is 22.7. The molecule has 4 aliphatic rings. The van der Waals surface area contributed by atoms with Crippen LogP contribution in [0.25, 0.3) is 27.5 Å². The van der Waals surface area contributed by atoms with E-state index in [0.29, 0.717) is 0 Å². The number of fused-ring (bicyclic) bond motifs is 11. The van der Waals surface area contributed by atoms with Gasteiger partial charge in [-0.3, -0.25) is 0 Å². The number of benzene rings is 13. The topological polar surface area (TPSA) is 17.9 Å². The summed E-state index contributed by atoms with van der Waals surface area (Å²) in [6.45, 7) is -0.122. The standard InChI is InChI=1S/C78H51B2N5S2/c1-6-26-52(27-7-1)81(53-28-8-2-9-29-53)57-46-71-77-72(47-57)85(69-44-24-23-43-68(69)84-65-40-20-16-36-59(65)60-37-17-21-41-66(60)84)67-42-22-18-38-61(67)79(77)63-50-64-74(51-70(63)83(71)56-34-14-5-15-35-56)87-76-49-58(48-75-78(76)80(64)62-39-19-25-45-73(62)86-75)82(54-30-10-3-11-31-54)55-32-12-4-13-33-55/h1-51H. The third-order valence-corrected chi connectivity index (χ3v) is 20.3. The summed E-state index contributed by atoms with van der Waals surface area (Å²) >= 11 is 3.84. The van der Waals surface area contributed by atoms with Crippen molar-refractivity contribution in [1.29, 1.82) is 0 Å². The van der Waals surface area contributed by atoms with Crippen molar-refractivity contribution in [3.8, 4) is 5.69 Å². The Balaban J connectivity index is 0.917. The van der Waals surface area contributed by atoms with Gasteiger partial charge in [-0.1, -0.05) is 216 Å². The smallest absolute Gasteiger partial charge is 0.252 e. The summed E-state index contributed by atoms with van der Waals surface area (Å²) in [5.74, 6) is 0. The maximum atomic E-state index is 2.63. The molecule has 0 saturated carbocycles. The monoisotopic (exact) mass is 1140 g/mol. The molecule has 4 aliphatic heterocycles. The minimum absolute atomic E-state index is 0.0112. The zero-order valence-corrected chi connectivity index (χ0v) is 48.8. The molecule has 0 spiro atoms. The van der Waals surface area contributed by atoms with Crippen molar-refractivity contribution in [2.45, 2.75) is 19.6 Å². The first-order valence-corrected chi connectivity index (χ1v) is 31.4. The van der Waals surface area contributed by atoms with Gasteiger partial charge in [-0.2, -0.15) is 0 Å². The highest BCUT2D eigenvalue weighted by Gasteiger charge is 2.47. The largest absolute Gasteiger partial charge is 0.311 e. The average Bonchev–Trinajstić information content (AvgIpc) is 1.17. The second-order valence-corrected chi connectivity index (χ2v) is 24.9. The van der Waals surface area contributed by atoms with Gasteiger partial charge >= 0.3 is 0 Å². The van der Waals surface area contributed by atoms with Crippen LogP contribution in [0.3, 0.4) is 0 Å². The van der Waals surface area contributed by atoms with Gasteiger partial charge in [0.25, 0.3) is 6.71 Å². The maximum Gasteiger partial charge on any atom is 0.252 e. The molecule has 5 heterocycles. The van der Waals surface area contributed by atoms with Crippen molar-refractivity contribution >= 4 is 160 Å². The Labute approximate surface area is 515 Å². The van der Waals surface area contributed by atoms with Crippen LogP contribution in [0.15, 0.2) is 329 Å². The Morgan fingerprint density at radius 3 is 1.28 bits per heavy atom. The molecule has 406 valence electrons. The van der Waals surface area contributed by atoms with Gasteiger partial charge in [0.1, 0.15) is 0 Å². The molecule has 87 heavy (non-hydrogen) atoms. The van der Waals surface area contributed by atoms with Crippen molar-refractivity contribution in [1.82, 2.24) is 4.57 Å². The molecule has 0 bridgehead atoms. The molecule has 0 N–H and O–H groups in total. The van der Waals surface area contributed by atoms with Gasteiger partial charge in [0.15, 0.2) is 0 Å². The predicted octanol–water partition coefficient (Wildman–Crippen LogP) is 17.3. The summed E-state index contributed by atoms with van der Waals surface area (Å²) in [6, 6.07) is 115. The molecule has 0 fully saturated rings. The van der Waals surface area contributed by atoms with E-state index < -0.39 is 0 Å². The van der Waals surface area contributed by atoms with Crippen LogP contribution in [-0.4, -0.2) is 18.0 Å². The van der Waals surface area contributed by atoms with Crippen molar-refractivity contribution < 1.29 is 0 Å². The number of aromatic nitrogens is 1. The first kappa shape index (κ1) is 50.1. The molecule has 14 aromatic rings. The number of para-hydroxylation sites is 10. The lowest BCUT2D eigenvalue weighted by Gasteiger charge is -2.46. The zero-order chi connectivity index (χ0) is 57.1. The van der Waals surface area contributed by atoms with E-state index in [1.54, 1.807) is 0 Å². The van der Waals surface area contributed by atoms with E-state index in [1.165, 1.54) is 79.9 Å². The van der Waals surface area contributed by atoms with E-state index >= 15 is 0 Å². The highest BCUT2D eigenvalue weighted by Crippen LogP contribution is 2.51. The first-order chi connectivity index (χ1) is 43.2. The Kier molecular flexibility index (Phi) is 11.6. The van der Waals surface area contributed by atoms with Crippen LogP contribution in [0.1, 0.15) is 0 Å². The summed E-state index contributed by atoms with van der Waals surface area (Å²) < 4.78 is 2.48. The summed E-state index contributed by atoms with van der Waals surface area (Å²) in [4.78, 5) is 15.2. The molecule has 0 unspecified atom stereocenters. The van der Waals surface area contributed by atoms with E-state index in [4.69, 9.17) is 0 Å². The molecule has 0 saturated heterocycles. The molecule has 0 atom stereocenters. The minimum atomic E-state index is -0.134. The van der Waals surface area contributed by atoms with Gasteiger partial charge in [-0.25, -0.2) is 0 Å². The Morgan fingerprint density at radius 1 is 0.253 bits per heavy atom. The number of hydrogen-bond donors (Lipinski definition) is 0. The number of hydrogen-bond acceptors (Lipinski definition) is 6. The van der Waals surface area contributed by atoms with Crippen molar-refractivity contribution in [2.75, 3.05) is 19.6 Å². The summed E-state index contributed by atoms with van der Waals surface area (Å²) in [5, 5.41) is 2.46. The van der Waals surface area contributed by atoms with Gasteiger partial charge in [-0.15, -0.1) is 0 Å². The maximum absolute atomic E-state index is 2.63. The molecular formula is C78H51B2N5S2. The Bertz CT molecular complexity index is 4910. The highest BCUT2D eigenvalue weighted by atomic mass is 32.2. The first-order valence-electron chi connectivity index (χ1n) is 29.8. The predicted molar refractivity (Wildman–Crippen MR) is 370 cm³/mol. The fourth-order valence-corrected chi connectivity index (χ4v) is 16.9. The van der Waals surface area contributed by atoms with Crippen LogP contribution in [0.5, 0.6) is 0 Å². The lowest BCUT2D eigenvalue weighted by Crippen LogP contribution is -2.64.